The molecule has 146 valence electrons. The van der Waals surface area contributed by atoms with Gasteiger partial charge in [0.2, 0.25) is 11.8 Å². The quantitative estimate of drug-likeness (QED) is 0.804. The molecular formula is C20H27N3O4. The highest BCUT2D eigenvalue weighted by atomic mass is 16.5. The lowest BCUT2D eigenvalue weighted by atomic mass is 10.0. The van der Waals surface area contributed by atoms with Gasteiger partial charge in [0.25, 0.3) is 5.91 Å². The average Bonchev–Trinajstić information content (AvgIpc) is 3.07. The van der Waals surface area contributed by atoms with Gasteiger partial charge in [-0.05, 0) is 25.0 Å². The molecule has 0 aromatic heterocycles. The molecule has 27 heavy (non-hydrogen) atoms. The number of likely N-dealkylation sites (tertiary alicyclic amines) is 2. The van der Waals surface area contributed by atoms with Crippen molar-refractivity contribution in [3.63, 3.8) is 0 Å². The normalized spacial score (nSPS) is 20.8. The van der Waals surface area contributed by atoms with Gasteiger partial charge in [0, 0.05) is 51.3 Å². The number of carbonyl (C=O) groups is 3. The van der Waals surface area contributed by atoms with E-state index in [1.54, 1.807) is 24.1 Å². The molecule has 1 aromatic carbocycles. The number of nitrogens with one attached hydrogen (secondary N) is 1. The van der Waals surface area contributed by atoms with Crippen molar-refractivity contribution in [2.75, 3.05) is 39.9 Å². The van der Waals surface area contributed by atoms with E-state index in [0.717, 1.165) is 12.8 Å². The van der Waals surface area contributed by atoms with Crippen molar-refractivity contribution in [2.24, 2.45) is 5.92 Å². The third-order valence-electron chi connectivity index (χ3n) is 5.31. The molecule has 0 saturated carbocycles. The fourth-order valence-electron chi connectivity index (χ4n) is 3.72. The highest BCUT2D eigenvalue weighted by molar-refractivity contribution is 5.94. The number of amides is 3. The van der Waals surface area contributed by atoms with Crippen molar-refractivity contribution in [1.82, 2.24) is 15.1 Å². The van der Waals surface area contributed by atoms with Crippen molar-refractivity contribution in [3.05, 3.63) is 35.9 Å². The van der Waals surface area contributed by atoms with Crippen molar-refractivity contribution >= 4 is 17.7 Å². The summed E-state index contributed by atoms with van der Waals surface area (Å²) in [5, 5.41) is 3.05. The first kappa shape index (κ1) is 19.4. The lowest BCUT2D eigenvalue weighted by molar-refractivity contribution is -0.136. The summed E-state index contributed by atoms with van der Waals surface area (Å²) in [4.78, 5) is 40.6. The maximum Gasteiger partial charge on any atom is 0.251 e. The van der Waals surface area contributed by atoms with Gasteiger partial charge in [-0.1, -0.05) is 18.2 Å². The van der Waals surface area contributed by atoms with Gasteiger partial charge in [-0.3, -0.25) is 14.4 Å². The summed E-state index contributed by atoms with van der Waals surface area (Å²) in [7, 11) is 1.60. The van der Waals surface area contributed by atoms with Gasteiger partial charge in [0.15, 0.2) is 0 Å². The molecule has 0 bridgehead atoms. The van der Waals surface area contributed by atoms with E-state index in [0.29, 0.717) is 38.3 Å². The van der Waals surface area contributed by atoms with Crippen molar-refractivity contribution in [1.29, 1.82) is 0 Å². The highest BCUT2D eigenvalue weighted by Crippen LogP contribution is 2.22. The summed E-state index contributed by atoms with van der Waals surface area (Å²) in [6.07, 6.45) is 1.75. The van der Waals surface area contributed by atoms with Gasteiger partial charge >= 0.3 is 0 Å². The Labute approximate surface area is 159 Å². The van der Waals surface area contributed by atoms with Crippen molar-refractivity contribution in [2.45, 2.75) is 25.3 Å². The maximum absolute atomic E-state index is 12.7. The molecular weight excluding hydrogens is 346 g/mol. The van der Waals surface area contributed by atoms with Crippen LogP contribution in [0.4, 0.5) is 0 Å². The number of methoxy groups -OCH3 is 1. The van der Waals surface area contributed by atoms with E-state index in [1.807, 2.05) is 23.1 Å². The summed E-state index contributed by atoms with van der Waals surface area (Å²) in [6.45, 7) is 2.72. The molecule has 7 heteroatoms. The van der Waals surface area contributed by atoms with Crippen LogP contribution in [-0.2, 0) is 14.3 Å². The molecule has 7 nitrogen and oxygen atoms in total. The Bertz CT molecular complexity index is 671. The Morgan fingerprint density at radius 1 is 1.19 bits per heavy atom. The summed E-state index contributed by atoms with van der Waals surface area (Å²) < 4.78 is 5.02. The van der Waals surface area contributed by atoms with Crippen molar-refractivity contribution in [3.8, 4) is 0 Å². The molecule has 0 aliphatic carbocycles. The molecule has 3 amide bonds. The van der Waals surface area contributed by atoms with E-state index in [9.17, 15) is 14.4 Å². The fourth-order valence-corrected chi connectivity index (χ4v) is 3.72. The lowest BCUT2D eigenvalue weighted by Gasteiger charge is -2.33. The smallest absolute Gasteiger partial charge is 0.251 e. The lowest BCUT2D eigenvalue weighted by Crippen LogP contribution is -2.48. The summed E-state index contributed by atoms with van der Waals surface area (Å²) >= 11 is 0. The van der Waals surface area contributed by atoms with Gasteiger partial charge < -0.3 is 19.9 Å². The first-order chi connectivity index (χ1) is 13.1. The van der Waals surface area contributed by atoms with Gasteiger partial charge in [0.05, 0.1) is 12.5 Å². The standard InChI is InChI=1S/C20H27N3O4/c1-27-12-11-23-14-16(13-18(23)24)20(26)22-9-7-17(8-10-22)21-19(25)15-5-3-2-4-6-15/h2-6,16-17H,7-14H2,1H3,(H,21,25). The number of rotatable bonds is 6. The molecule has 3 rings (SSSR count). The molecule has 2 heterocycles. The Morgan fingerprint density at radius 2 is 1.89 bits per heavy atom. The average molecular weight is 373 g/mol. The van der Waals surface area contributed by atoms with Gasteiger partial charge in [-0.15, -0.1) is 0 Å². The van der Waals surface area contributed by atoms with Crippen LogP contribution in [0.25, 0.3) is 0 Å². The van der Waals surface area contributed by atoms with E-state index >= 15 is 0 Å². The van der Waals surface area contributed by atoms with Crippen LogP contribution in [0.3, 0.4) is 0 Å². The van der Waals surface area contributed by atoms with Crippen LogP contribution in [-0.4, -0.2) is 73.5 Å². The SMILES string of the molecule is COCCN1CC(C(=O)N2CCC(NC(=O)c3ccccc3)CC2)CC1=O. The topological polar surface area (TPSA) is 79.0 Å². The van der Waals surface area contributed by atoms with Gasteiger partial charge in [-0.2, -0.15) is 0 Å². The zero-order valence-electron chi connectivity index (χ0n) is 15.7. The Balaban J connectivity index is 1.45. The minimum absolute atomic E-state index is 0.0235. The van der Waals surface area contributed by atoms with Crippen LogP contribution in [0.15, 0.2) is 30.3 Å². The molecule has 1 N–H and O–H groups in total. The molecule has 2 aliphatic rings. The van der Waals surface area contributed by atoms with Crippen molar-refractivity contribution < 1.29 is 19.1 Å². The molecule has 1 aromatic rings. The summed E-state index contributed by atoms with van der Waals surface area (Å²) in [5.41, 5.74) is 0.650. The summed E-state index contributed by atoms with van der Waals surface area (Å²) in [6, 6.07) is 9.22. The van der Waals surface area contributed by atoms with Crippen LogP contribution in [0, 0.1) is 5.92 Å². The second-order valence-corrected chi connectivity index (χ2v) is 7.17. The second kappa shape index (κ2) is 8.99. The third-order valence-corrected chi connectivity index (χ3v) is 5.31. The molecule has 1 unspecified atom stereocenters. The highest BCUT2D eigenvalue weighted by Gasteiger charge is 2.37. The monoisotopic (exact) mass is 373 g/mol. The Kier molecular flexibility index (Phi) is 6.45. The van der Waals surface area contributed by atoms with E-state index in [2.05, 4.69) is 5.32 Å². The predicted octanol–water partition coefficient (Wildman–Crippen LogP) is 0.902. The number of carbonyl (C=O) groups excluding carboxylic acids is 3. The zero-order chi connectivity index (χ0) is 19.2. The van der Waals surface area contributed by atoms with E-state index in [4.69, 9.17) is 4.74 Å². The molecule has 0 radical (unpaired) electrons. The molecule has 1 atom stereocenters. The van der Waals surface area contributed by atoms with Crippen LogP contribution < -0.4 is 5.32 Å². The first-order valence-corrected chi connectivity index (χ1v) is 9.50. The largest absolute Gasteiger partial charge is 0.383 e. The fraction of sp³-hybridized carbons (Fsp3) is 0.550. The zero-order valence-corrected chi connectivity index (χ0v) is 15.7. The maximum atomic E-state index is 12.7. The third kappa shape index (κ3) is 4.86. The molecule has 2 saturated heterocycles. The van der Waals surface area contributed by atoms with E-state index in [1.165, 1.54) is 0 Å². The molecule has 0 spiro atoms. The number of nitrogens with zero attached hydrogens (tertiary/aromatic N) is 2. The Morgan fingerprint density at radius 3 is 2.56 bits per heavy atom. The first-order valence-electron chi connectivity index (χ1n) is 9.50. The summed E-state index contributed by atoms with van der Waals surface area (Å²) in [5.74, 6) is -0.258. The minimum atomic E-state index is -0.259. The van der Waals surface area contributed by atoms with E-state index in [-0.39, 0.29) is 36.1 Å². The van der Waals surface area contributed by atoms with Gasteiger partial charge in [-0.25, -0.2) is 0 Å². The van der Waals surface area contributed by atoms with Crippen LogP contribution >= 0.6 is 0 Å². The number of hydrogen-bond donors (Lipinski definition) is 1. The molecule has 2 aliphatic heterocycles. The number of benzene rings is 1. The van der Waals surface area contributed by atoms with Crippen LogP contribution in [0.1, 0.15) is 29.6 Å². The van der Waals surface area contributed by atoms with Gasteiger partial charge in [0.1, 0.15) is 0 Å². The van der Waals surface area contributed by atoms with E-state index < -0.39 is 0 Å². The van der Waals surface area contributed by atoms with Crippen LogP contribution in [0.5, 0.6) is 0 Å². The minimum Gasteiger partial charge on any atom is -0.383 e. The Hall–Kier alpha value is -2.41. The number of ether oxygens (including phenoxy) is 1. The van der Waals surface area contributed by atoms with Crippen LogP contribution in [0.2, 0.25) is 0 Å². The molecule has 2 fully saturated rings. The number of piperidine rings is 1. The number of hydrogen-bond acceptors (Lipinski definition) is 4. The second-order valence-electron chi connectivity index (χ2n) is 7.17. The predicted molar refractivity (Wildman–Crippen MR) is 100 cm³/mol.